The van der Waals surface area contributed by atoms with Crippen LogP contribution in [0.25, 0.3) is 23.1 Å². The SMILES string of the molecule is C=Cc1nc2ccccc2c(Nc2ccc(F)cc2)c1C=C. The molecule has 0 aliphatic carbocycles. The number of pyridine rings is 1. The molecular formula is C19H15FN2. The van der Waals surface area contributed by atoms with E-state index in [1.807, 2.05) is 24.3 Å². The van der Waals surface area contributed by atoms with E-state index in [1.54, 1.807) is 24.3 Å². The van der Waals surface area contributed by atoms with Gasteiger partial charge in [-0.2, -0.15) is 0 Å². The van der Waals surface area contributed by atoms with Crippen LogP contribution in [-0.2, 0) is 0 Å². The van der Waals surface area contributed by atoms with Gasteiger partial charge in [-0.05, 0) is 36.4 Å². The molecule has 22 heavy (non-hydrogen) atoms. The molecule has 0 atom stereocenters. The van der Waals surface area contributed by atoms with Crippen LogP contribution in [0.5, 0.6) is 0 Å². The summed E-state index contributed by atoms with van der Waals surface area (Å²) in [6, 6.07) is 14.1. The minimum Gasteiger partial charge on any atom is -0.354 e. The van der Waals surface area contributed by atoms with E-state index >= 15 is 0 Å². The predicted molar refractivity (Wildman–Crippen MR) is 91.6 cm³/mol. The molecule has 2 nitrogen and oxygen atoms in total. The van der Waals surface area contributed by atoms with E-state index < -0.39 is 0 Å². The molecule has 3 rings (SSSR count). The molecule has 2 aromatic carbocycles. The Morgan fingerprint density at radius 2 is 1.68 bits per heavy atom. The highest BCUT2D eigenvalue weighted by Crippen LogP contribution is 2.32. The molecule has 0 radical (unpaired) electrons. The molecule has 1 aromatic heterocycles. The van der Waals surface area contributed by atoms with E-state index in [2.05, 4.69) is 23.5 Å². The summed E-state index contributed by atoms with van der Waals surface area (Å²) in [5.41, 5.74) is 4.20. The van der Waals surface area contributed by atoms with Crippen molar-refractivity contribution >= 4 is 34.4 Å². The van der Waals surface area contributed by atoms with E-state index in [0.717, 1.165) is 33.5 Å². The van der Waals surface area contributed by atoms with Gasteiger partial charge in [0.05, 0.1) is 16.9 Å². The molecule has 0 fully saturated rings. The average Bonchev–Trinajstić information content (AvgIpc) is 2.56. The van der Waals surface area contributed by atoms with Gasteiger partial charge < -0.3 is 5.32 Å². The van der Waals surface area contributed by atoms with Crippen molar-refractivity contribution in [2.24, 2.45) is 0 Å². The van der Waals surface area contributed by atoms with Crippen molar-refractivity contribution in [1.29, 1.82) is 0 Å². The first-order valence-corrected chi connectivity index (χ1v) is 6.93. The van der Waals surface area contributed by atoms with Gasteiger partial charge in [0, 0.05) is 16.6 Å². The number of hydrogen-bond donors (Lipinski definition) is 1. The molecular weight excluding hydrogens is 275 g/mol. The van der Waals surface area contributed by atoms with Gasteiger partial charge in [0.1, 0.15) is 5.82 Å². The second kappa shape index (κ2) is 5.82. The van der Waals surface area contributed by atoms with Crippen molar-refractivity contribution in [3.8, 4) is 0 Å². The molecule has 0 aliphatic rings. The topological polar surface area (TPSA) is 24.9 Å². The fourth-order valence-electron chi connectivity index (χ4n) is 2.42. The molecule has 3 aromatic rings. The molecule has 0 amide bonds. The first kappa shape index (κ1) is 14.0. The van der Waals surface area contributed by atoms with E-state index in [0.29, 0.717) is 0 Å². The summed E-state index contributed by atoms with van der Waals surface area (Å²) in [4.78, 5) is 4.59. The summed E-state index contributed by atoms with van der Waals surface area (Å²) in [7, 11) is 0. The molecule has 1 N–H and O–H groups in total. The van der Waals surface area contributed by atoms with E-state index in [9.17, 15) is 4.39 Å². The van der Waals surface area contributed by atoms with E-state index in [1.165, 1.54) is 12.1 Å². The summed E-state index contributed by atoms with van der Waals surface area (Å²) in [5.74, 6) is -0.263. The summed E-state index contributed by atoms with van der Waals surface area (Å²) in [5, 5.41) is 4.32. The van der Waals surface area contributed by atoms with Crippen molar-refractivity contribution in [2.75, 3.05) is 5.32 Å². The van der Waals surface area contributed by atoms with Gasteiger partial charge in [-0.25, -0.2) is 9.37 Å². The van der Waals surface area contributed by atoms with Crippen molar-refractivity contribution in [3.63, 3.8) is 0 Å². The minimum atomic E-state index is -0.263. The Morgan fingerprint density at radius 1 is 0.955 bits per heavy atom. The Labute approximate surface area is 128 Å². The molecule has 0 saturated heterocycles. The van der Waals surface area contributed by atoms with Crippen LogP contribution in [0.2, 0.25) is 0 Å². The second-order valence-corrected chi connectivity index (χ2v) is 4.84. The highest BCUT2D eigenvalue weighted by Gasteiger charge is 2.11. The van der Waals surface area contributed by atoms with Crippen LogP contribution in [0.15, 0.2) is 61.7 Å². The summed E-state index contributed by atoms with van der Waals surface area (Å²) in [6.45, 7) is 7.69. The zero-order valence-corrected chi connectivity index (χ0v) is 12.0. The van der Waals surface area contributed by atoms with Gasteiger partial charge in [0.2, 0.25) is 0 Å². The maximum Gasteiger partial charge on any atom is 0.123 e. The standard InChI is InChI=1S/C19H15FN2/c1-3-15-17(4-2)22-18-8-6-5-7-16(18)19(15)21-14-11-9-13(20)10-12-14/h3-12H,1-2H2,(H,21,22). The van der Waals surface area contributed by atoms with Crippen LogP contribution in [0.1, 0.15) is 11.3 Å². The number of aromatic nitrogens is 1. The van der Waals surface area contributed by atoms with Crippen LogP contribution in [0, 0.1) is 5.82 Å². The first-order valence-electron chi connectivity index (χ1n) is 6.93. The number of halogens is 1. The van der Waals surface area contributed by atoms with E-state index in [-0.39, 0.29) is 5.82 Å². The highest BCUT2D eigenvalue weighted by atomic mass is 19.1. The van der Waals surface area contributed by atoms with Crippen molar-refractivity contribution in [3.05, 3.63) is 78.8 Å². The largest absolute Gasteiger partial charge is 0.354 e. The fourth-order valence-corrected chi connectivity index (χ4v) is 2.42. The number of benzene rings is 2. The van der Waals surface area contributed by atoms with Crippen molar-refractivity contribution in [1.82, 2.24) is 4.98 Å². The first-order chi connectivity index (χ1) is 10.7. The Morgan fingerprint density at radius 3 is 2.36 bits per heavy atom. The zero-order valence-electron chi connectivity index (χ0n) is 12.0. The third-order valence-corrected chi connectivity index (χ3v) is 3.47. The Hall–Kier alpha value is -2.94. The number of fused-ring (bicyclic) bond motifs is 1. The third kappa shape index (κ3) is 2.49. The Kier molecular flexibility index (Phi) is 3.71. The van der Waals surface area contributed by atoms with Gasteiger partial charge in [-0.1, -0.05) is 37.4 Å². The molecule has 0 bridgehead atoms. The molecule has 0 saturated carbocycles. The second-order valence-electron chi connectivity index (χ2n) is 4.84. The molecule has 3 heteroatoms. The highest BCUT2D eigenvalue weighted by molar-refractivity contribution is 5.99. The average molecular weight is 290 g/mol. The normalized spacial score (nSPS) is 10.4. The Bertz CT molecular complexity index is 851. The van der Waals surface area contributed by atoms with Gasteiger partial charge in [0.25, 0.3) is 0 Å². The number of hydrogen-bond acceptors (Lipinski definition) is 2. The molecule has 108 valence electrons. The molecule has 0 unspecified atom stereocenters. The molecule has 0 spiro atoms. The summed E-state index contributed by atoms with van der Waals surface area (Å²) < 4.78 is 13.1. The lowest BCUT2D eigenvalue weighted by molar-refractivity contribution is 0.628. The number of anilines is 2. The maximum absolute atomic E-state index is 13.1. The number of nitrogens with zero attached hydrogens (tertiary/aromatic N) is 1. The molecule has 1 heterocycles. The van der Waals surface area contributed by atoms with E-state index in [4.69, 9.17) is 0 Å². The van der Waals surface area contributed by atoms with Gasteiger partial charge in [-0.3, -0.25) is 0 Å². The monoisotopic (exact) mass is 290 g/mol. The lowest BCUT2D eigenvalue weighted by Gasteiger charge is -2.15. The van der Waals surface area contributed by atoms with Crippen molar-refractivity contribution in [2.45, 2.75) is 0 Å². The summed E-state index contributed by atoms with van der Waals surface area (Å²) in [6.07, 6.45) is 3.46. The van der Waals surface area contributed by atoms with Crippen LogP contribution in [-0.4, -0.2) is 4.98 Å². The number of rotatable bonds is 4. The van der Waals surface area contributed by atoms with Gasteiger partial charge in [0.15, 0.2) is 0 Å². The zero-order chi connectivity index (χ0) is 15.5. The van der Waals surface area contributed by atoms with Crippen LogP contribution in [0.3, 0.4) is 0 Å². The molecule has 0 aliphatic heterocycles. The van der Waals surface area contributed by atoms with Gasteiger partial charge >= 0.3 is 0 Å². The van der Waals surface area contributed by atoms with Crippen LogP contribution in [0.4, 0.5) is 15.8 Å². The van der Waals surface area contributed by atoms with Crippen LogP contribution < -0.4 is 5.32 Å². The third-order valence-electron chi connectivity index (χ3n) is 3.47. The lowest BCUT2D eigenvalue weighted by atomic mass is 10.0. The summed E-state index contributed by atoms with van der Waals surface area (Å²) >= 11 is 0. The lowest BCUT2D eigenvalue weighted by Crippen LogP contribution is -1.99. The minimum absolute atomic E-state index is 0.263. The number of para-hydroxylation sites is 1. The quantitative estimate of drug-likeness (QED) is 0.695. The number of nitrogens with one attached hydrogen (secondary N) is 1. The van der Waals surface area contributed by atoms with Crippen molar-refractivity contribution < 1.29 is 4.39 Å². The smallest absolute Gasteiger partial charge is 0.123 e. The van der Waals surface area contributed by atoms with Gasteiger partial charge in [-0.15, -0.1) is 0 Å². The maximum atomic E-state index is 13.1. The predicted octanol–water partition coefficient (Wildman–Crippen LogP) is 5.40. The Balaban J connectivity index is 2.22. The van der Waals surface area contributed by atoms with Crippen LogP contribution >= 0.6 is 0 Å². The fraction of sp³-hybridized carbons (Fsp3) is 0.